The molecule has 3 N–H and O–H groups in total. The van der Waals surface area contributed by atoms with Gasteiger partial charge in [-0.25, -0.2) is 4.79 Å². The zero-order chi connectivity index (χ0) is 12.5. The Morgan fingerprint density at radius 1 is 1.76 bits per heavy atom. The highest BCUT2D eigenvalue weighted by atomic mass is 16.7. The van der Waals surface area contributed by atoms with Gasteiger partial charge in [0.15, 0.2) is 6.23 Å². The van der Waals surface area contributed by atoms with Crippen LogP contribution < -0.4 is 11.4 Å². The van der Waals surface area contributed by atoms with E-state index in [-0.39, 0.29) is 12.4 Å². The molecule has 1 aliphatic heterocycles. The number of ether oxygens (including phenoxy) is 2. The summed E-state index contributed by atoms with van der Waals surface area (Å²) < 4.78 is 11.7. The van der Waals surface area contributed by atoms with Crippen LogP contribution in [0.1, 0.15) is 6.23 Å². The summed E-state index contributed by atoms with van der Waals surface area (Å²) in [6.07, 6.45) is 3.98. The summed E-state index contributed by atoms with van der Waals surface area (Å²) in [5, 5.41) is 9.17. The first-order chi connectivity index (χ1) is 8.10. The third kappa shape index (κ3) is 2.07. The molecule has 0 aliphatic carbocycles. The number of aromatic nitrogens is 2. The second-order valence-electron chi connectivity index (χ2n) is 3.58. The topological polar surface area (TPSA) is 99.6 Å². The first-order valence-electron chi connectivity index (χ1n) is 4.98. The molecular formula is C10H13N3O4. The molecule has 92 valence electrons. The smallest absolute Gasteiger partial charge is 0.351 e. The highest BCUT2D eigenvalue weighted by Crippen LogP contribution is 2.28. The quantitative estimate of drug-likeness (QED) is 0.673. The number of methoxy groups -OCH3 is 1. The Labute approximate surface area is 97.1 Å². The molecule has 0 saturated carbocycles. The molecule has 0 saturated heterocycles. The van der Waals surface area contributed by atoms with Crippen molar-refractivity contribution in [3.05, 3.63) is 34.9 Å². The van der Waals surface area contributed by atoms with Crippen LogP contribution in [0.25, 0.3) is 0 Å². The summed E-state index contributed by atoms with van der Waals surface area (Å²) in [6, 6.07) is 1.49. The molecule has 0 unspecified atom stereocenters. The van der Waals surface area contributed by atoms with Crippen molar-refractivity contribution in [1.29, 1.82) is 0 Å². The Hall–Kier alpha value is -1.70. The average Bonchev–Trinajstić information content (AvgIpc) is 2.74. The SMILES string of the molecule is CO[C@@]1(CO)C=C[C@@H](n2ccc(N)nc2=O)O1. The van der Waals surface area contributed by atoms with Crippen molar-refractivity contribution in [3.8, 4) is 0 Å². The highest BCUT2D eigenvalue weighted by Gasteiger charge is 2.36. The Morgan fingerprint density at radius 3 is 3.06 bits per heavy atom. The van der Waals surface area contributed by atoms with E-state index in [1.165, 1.54) is 23.9 Å². The zero-order valence-electron chi connectivity index (χ0n) is 9.24. The molecule has 0 radical (unpaired) electrons. The van der Waals surface area contributed by atoms with Gasteiger partial charge in [-0.3, -0.25) is 4.57 Å². The van der Waals surface area contributed by atoms with Crippen LogP contribution in [-0.2, 0) is 9.47 Å². The van der Waals surface area contributed by atoms with Crippen molar-refractivity contribution in [2.24, 2.45) is 0 Å². The van der Waals surface area contributed by atoms with E-state index in [4.69, 9.17) is 15.2 Å². The van der Waals surface area contributed by atoms with Crippen molar-refractivity contribution in [2.45, 2.75) is 12.0 Å². The number of aliphatic hydroxyl groups excluding tert-OH is 1. The van der Waals surface area contributed by atoms with Crippen LogP contribution in [0, 0.1) is 0 Å². The van der Waals surface area contributed by atoms with E-state index in [0.29, 0.717) is 0 Å². The average molecular weight is 239 g/mol. The maximum Gasteiger partial charge on any atom is 0.351 e. The zero-order valence-corrected chi connectivity index (χ0v) is 9.24. The minimum atomic E-state index is -1.20. The molecule has 0 bridgehead atoms. The molecule has 2 atom stereocenters. The van der Waals surface area contributed by atoms with E-state index in [2.05, 4.69) is 4.98 Å². The van der Waals surface area contributed by atoms with E-state index in [1.54, 1.807) is 12.2 Å². The lowest BCUT2D eigenvalue weighted by Gasteiger charge is -2.25. The largest absolute Gasteiger partial charge is 0.390 e. The Morgan fingerprint density at radius 2 is 2.53 bits per heavy atom. The van der Waals surface area contributed by atoms with Crippen molar-refractivity contribution < 1.29 is 14.6 Å². The van der Waals surface area contributed by atoms with Gasteiger partial charge in [-0.05, 0) is 18.2 Å². The Bertz CT molecular complexity index is 493. The van der Waals surface area contributed by atoms with E-state index in [9.17, 15) is 9.90 Å². The number of hydrogen-bond acceptors (Lipinski definition) is 6. The predicted octanol–water partition coefficient (Wildman–Crippen LogP) is -0.755. The standard InChI is InChI=1S/C10H13N3O4/c1-16-10(6-14)4-2-8(17-10)13-5-3-7(11)12-9(13)15/h2-5,8,14H,6H2,1H3,(H2,11,12,15)/t8-,10-/m0/s1. The van der Waals surface area contributed by atoms with Crippen LogP contribution in [0.15, 0.2) is 29.2 Å². The fourth-order valence-electron chi connectivity index (χ4n) is 1.55. The van der Waals surface area contributed by atoms with Crippen LogP contribution in [0.2, 0.25) is 0 Å². The van der Waals surface area contributed by atoms with Crippen LogP contribution in [0.3, 0.4) is 0 Å². The minimum Gasteiger partial charge on any atom is -0.390 e. The van der Waals surface area contributed by atoms with Crippen molar-refractivity contribution in [2.75, 3.05) is 19.5 Å². The Balaban J connectivity index is 2.27. The number of nitrogens with zero attached hydrogens (tertiary/aromatic N) is 2. The number of aliphatic hydroxyl groups is 1. The fourth-order valence-corrected chi connectivity index (χ4v) is 1.55. The molecule has 7 nitrogen and oxygen atoms in total. The van der Waals surface area contributed by atoms with Crippen LogP contribution in [0.4, 0.5) is 5.82 Å². The van der Waals surface area contributed by atoms with E-state index >= 15 is 0 Å². The lowest BCUT2D eigenvalue weighted by molar-refractivity contribution is -0.225. The van der Waals surface area contributed by atoms with Crippen molar-refractivity contribution in [3.63, 3.8) is 0 Å². The molecule has 0 amide bonds. The van der Waals surface area contributed by atoms with E-state index in [1.807, 2.05) is 0 Å². The Kier molecular flexibility index (Phi) is 2.97. The number of nitrogen functional groups attached to an aromatic ring is 1. The van der Waals surface area contributed by atoms with Gasteiger partial charge in [0.25, 0.3) is 0 Å². The first-order valence-corrected chi connectivity index (χ1v) is 4.98. The lowest BCUT2D eigenvalue weighted by atomic mass is 10.3. The van der Waals surface area contributed by atoms with Crippen molar-refractivity contribution in [1.82, 2.24) is 9.55 Å². The van der Waals surface area contributed by atoms with E-state index < -0.39 is 17.7 Å². The molecule has 0 fully saturated rings. The summed E-state index contributed by atoms with van der Waals surface area (Å²) in [6.45, 7) is -0.340. The third-order valence-electron chi connectivity index (χ3n) is 2.53. The summed E-state index contributed by atoms with van der Waals surface area (Å²) in [4.78, 5) is 15.2. The van der Waals surface area contributed by atoms with Crippen molar-refractivity contribution >= 4 is 5.82 Å². The van der Waals surface area contributed by atoms with E-state index in [0.717, 1.165) is 0 Å². The summed E-state index contributed by atoms with van der Waals surface area (Å²) in [7, 11) is 1.41. The highest BCUT2D eigenvalue weighted by molar-refractivity contribution is 5.24. The molecule has 2 heterocycles. The van der Waals surface area contributed by atoms with Crippen LogP contribution >= 0.6 is 0 Å². The predicted molar refractivity (Wildman–Crippen MR) is 59.0 cm³/mol. The molecule has 1 aromatic heterocycles. The molecule has 17 heavy (non-hydrogen) atoms. The fraction of sp³-hybridized carbons (Fsp3) is 0.400. The second kappa shape index (κ2) is 4.28. The van der Waals surface area contributed by atoms with Gasteiger partial charge in [-0.15, -0.1) is 0 Å². The molecule has 2 rings (SSSR count). The van der Waals surface area contributed by atoms with Gasteiger partial charge >= 0.3 is 5.69 Å². The lowest BCUT2D eigenvalue weighted by Crippen LogP contribution is -2.37. The molecular weight excluding hydrogens is 226 g/mol. The van der Waals surface area contributed by atoms with Gasteiger partial charge in [-0.2, -0.15) is 4.98 Å². The van der Waals surface area contributed by atoms with Gasteiger partial charge < -0.3 is 20.3 Å². The molecule has 0 aromatic carbocycles. The number of nitrogens with two attached hydrogens (primary N) is 1. The summed E-state index contributed by atoms with van der Waals surface area (Å²) in [5.74, 6) is -1.06. The third-order valence-corrected chi connectivity index (χ3v) is 2.53. The molecule has 1 aromatic rings. The minimum absolute atomic E-state index is 0.147. The van der Waals surface area contributed by atoms with Gasteiger partial charge in [0.05, 0.1) is 0 Å². The summed E-state index contributed by atoms with van der Waals surface area (Å²) in [5.41, 5.74) is 4.86. The maximum atomic E-state index is 11.6. The second-order valence-corrected chi connectivity index (χ2v) is 3.58. The summed E-state index contributed by atoms with van der Waals surface area (Å²) >= 11 is 0. The maximum absolute atomic E-state index is 11.6. The van der Waals surface area contributed by atoms with Gasteiger partial charge in [-0.1, -0.05) is 0 Å². The first kappa shape index (κ1) is 11.8. The van der Waals surface area contributed by atoms with Crippen LogP contribution in [0.5, 0.6) is 0 Å². The monoisotopic (exact) mass is 239 g/mol. The van der Waals surface area contributed by atoms with Gasteiger partial charge in [0.1, 0.15) is 12.4 Å². The molecule has 1 aliphatic rings. The van der Waals surface area contributed by atoms with Gasteiger partial charge in [0, 0.05) is 13.3 Å². The van der Waals surface area contributed by atoms with Gasteiger partial charge in [0.2, 0.25) is 5.79 Å². The van der Waals surface area contributed by atoms with Crippen LogP contribution in [-0.4, -0.2) is 34.2 Å². The number of rotatable bonds is 3. The molecule has 7 heteroatoms. The number of anilines is 1. The normalized spacial score (nSPS) is 27.5. The number of hydrogen-bond donors (Lipinski definition) is 2. The molecule has 0 spiro atoms.